The summed E-state index contributed by atoms with van der Waals surface area (Å²) in [7, 11) is 3.87. The molecule has 20 heavy (non-hydrogen) atoms. The first-order valence-corrected chi connectivity index (χ1v) is 6.67. The van der Waals surface area contributed by atoms with Crippen molar-refractivity contribution in [3.05, 3.63) is 24.3 Å². The van der Waals surface area contributed by atoms with Crippen LogP contribution in [0.1, 0.15) is 0 Å². The smallest absolute Gasteiger partial charge is 0.378 e. The fourth-order valence-electron chi connectivity index (χ4n) is 2.33. The van der Waals surface area contributed by atoms with Gasteiger partial charge in [0.05, 0.1) is 5.92 Å². The number of alkyl halides is 3. The van der Waals surface area contributed by atoms with Gasteiger partial charge in [0.15, 0.2) is 0 Å². The Morgan fingerprint density at radius 3 is 2.40 bits per heavy atom. The number of hydrogen-bond acceptors (Lipinski definition) is 3. The lowest BCUT2D eigenvalue weighted by molar-refractivity contribution is -0.169. The number of nitrogens with zero attached hydrogens (tertiary/aromatic N) is 2. The number of rotatable bonds is 2. The molecule has 0 aromatic heterocycles. The summed E-state index contributed by atoms with van der Waals surface area (Å²) < 4.78 is 38.7. The first-order valence-electron chi connectivity index (χ1n) is 6.67. The van der Waals surface area contributed by atoms with Crippen LogP contribution in [-0.2, 0) is 0 Å². The molecule has 0 saturated carbocycles. The van der Waals surface area contributed by atoms with Gasteiger partial charge in [-0.25, -0.2) is 0 Å². The van der Waals surface area contributed by atoms with Crippen molar-refractivity contribution in [3.63, 3.8) is 0 Å². The molecule has 1 aliphatic rings. The highest BCUT2D eigenvalue weighted by Crippen LogP contribution is 2.29. The van der Waals surface area contributed by atoms with Gasteiger partial charge in [0, 0.05) is 51.6 Å². The molecule has 0 bridgehead atoms. The summed E-state index contributed by atoms with van der Waals surface area (Å²) in [6.45, 7) is 1.17. The zero-order chi connectivity index (χ0) is 14.8. The van der Waals surface area contributed by atoms with Gasteiger partial charge in [0.25, 0.3) is 0 Å². The molecular weight excluding hydrogens is 267 g/mol. The summed E-state index contributed by atoms with van der Waals surface area (Å²) in [5, 5.41) is 2.86. The third-order valence-electron chi connectivity index (χ3n) is 3.58. The highest BCUT2D eigenvalue weighted by atomic mass is 19.4. The van der Waals surface area contributed by atoms with Gasteiger partial charge in [-0.05, 0) is 24.3 Å². The second-order valence-electron chi connectivity index (χ2n) is 5.30. The lowest BCUT2D eigenvalue weighted by Gasteiger charge is -2.27. The molecule has 1 fully saturated rings. The van der Waals surface area contributed by atoms with E-state index in [1.54, 1.807) is 4.90 Å². The van der Waals surface area contributed by atoms with E-state index < -0.39 is 12.1 Å². The second kappa shape index (κ2) is 5.91. The van der Waals surface area contributed by atoms with E-state index in [1.807, 2.05) is 43.3 Å². The molecule has 0 radical (unpaired) electrons. The van der Waals surface area contributed by atoms with E-state index in [1.165, 1.54) is 0 Å². The molecular formula is C14H20F3N3. The third kappa shape index (κ3) is 3.56. The Balaban J connectivity index is 2.13. The molecule has 0 aliphatic carbocycles. The third-order valence-corrected chi connectivity index (χ3v) is 3.58. The summed E-state index contributed by atoms with van der Waals surface area (Å²) >= 11 is 0. The summed E-state index contributed by atoms with van der Waals surface area (Å²) in [6.07, 6.45) is -4.15. The van der Waals surface area contributed by atoms with Gasteiger partial charge in [-0.15, -0.1) is 0 Å². The highest BCUT2D eigenvalue weighted by Gasteiger charge is 2.41. The van der Waals surface area contributed by atoms with E-state index >= 15 is 0 Å². The van der Waals surface area contributed by atoms with E-state index in [4.69, 9.17) is 0 Å². The predicted molar refractivity (Wildman–Crippen MR) is 75.4 cm³/mol. The summed E-state index contributed by atoms with van der Waals surface area (Å²) in [4.78, 5) is 3.77. The van der Waals surface area contributed by atoms with Crippen molar-refractivity contribution in [1.82, 2.24) is 5.32 Å². The van der Waals surface area contributed by atoms with E-state index in [9.17, 15) is 13.2 Å². The average Bonchev–Trinajstić information content (AvgIpc) is 2.64. The number of hydrogen-bond donors (Lipinski definition) is 1. The van der Waals surface area contributed by atoms with Crippen molar-refractivity contribution in [2.24, 2.45) is 5.92 Å². The molecule has 2 rings (SSSR count). The molecule has 1 saturated heterocycles. The van der Waals surface area contributed by atoms with E-state index in [0.29, 0.717) is 13.1 Å². The normalized spacial score (nSPS) is 20.6. The fourth-order valence-corrected chi connectivity index (χ4v) is 2.33. The number of nitrogens with one attached hydrogen (secondary N) is 1. The fraction of sp³-hybridized carbons (Fsp3) is 0.571. The van der Waals surface area contributed by atoms with Crippen molar-refractivity contribution >= 4 is 11.4 Å². The molecule has 1 aromatic rings. The first-order chi connectivity index (χ1) is 9.38. The van der Waals surface area contributed by atoms with Gasteiger partial charge in [-0.1, -0.05) is 0 Å². The number of benzene rings is 1. The van der Waals surface area contributed by atoms with Crippen molar-refractivity contribution in [2.75, 3.05) is 50.1 Å². The van der Waals surface area contributed by atoms with E-state index in [0.717, 1.165) is 11.4 Å². The zero-order valence-electron chi connectivity index (χ0n) is 11.7. The number of anilines is 2. The Morgan fingerprint density at radius 2 is 1.85 bits per heavy atom. The lowest BCUT2D eigenvalue weighted by Crippen LogP contribution is -2.38. The van der Waals surface area contributed by atoms with Gasteiger partial charge in [-0.2, -0.15) is 13.2 Å². The van der Waals surface area contributed by atoms with Crippen LogP contribution in [0.3, 0.4) is 0 Å². The topological polar surface area (TPSA) is 18.5 Å². The van der Waals surface area contributed by atoms with Crippen LogP contribution in [0.2, 0.25) is 0 Å². The zero-order valence-corrected chi connectivity index (χ0v) is 11.7. The second-order valence-corrected chi connectivity index (χ2v) is 5.30. The van der Waals surface area contributed by atoms with Crippen molar-refractivity contribution in [2.45, 2.75) is 6.18 Å². The van der Waals surface area contributed by atoms with Gasteiger partial charge in [0.1, 0.15) is 0 Å². The lowest BCUT2D eigenvalue weighted by atomic mass is 10.1. The molecule has 1 N–H and O–H groups in total. The van der Waals surface area contributed by atoms with Crippen molar-refractivity contribution in [3.8, 4) is 0 Å². The van der Waals surface area contributed by atoms with Crippen LogP contribution in [-0.4, -0.2) is 46.5 Å². The molecule has 0 spiro atoms. The maximum Gasteiger partial charge on any atom is 0.394 e. The van der Waals surface area contributed by atoms with Gasteiger partial charge >= 0.3 is 6.18 Å². The van der Waals surface area contributed by atoms with Crippen LogP contribution < -0.4 is 15.1 Å². The standard InChI is InChI=1S/C14H20F3N3/c1-19(2)12-3-5-13(6-4-12)20-8-7-18-9-11(10-20)14(15,16)17/h3-6,11,18H,7-10H2,1-2H3. The maximum absolute atomic E-state index is 12.9. The quantitative estimate of drug-likeness (QED) is 0.901. The Kier molecular flexibility index (Phi) is 4.42. The molecule has 3 nitrogen and oxygen atoms in total. The van der Waals surface area contributed by atoms with Crippen LogP contribution in [0.4, 0.5) is 24.5 Å². The van der Waals surface area contributed by atoms with Crippen LogP contribution >= 0.6 is 0 Å². The highest BCUT2D eigenvalue weighted by molar-refractivity contribution is 5.56. The molecule has 1 aromatic carbocycles. The summed E-state index contributed by atoms with van der Waals surface area (Å²) in [5.74, 6) is -1.32. The molecule has 1 unspecified atom stereocenters. The van der Waals surface area contributed by atoms with Crippen LogP contribution in [0.25, 0.3) is 0 Å². The molecule has 1 atom stereocenters. The predicted octanol–water partition coefficient (Wildman–Crippen LogP) is 2.34. The Hall–Kier alpha value is -1.43. The van der Waals surface area contributed by atoms with Crippen LogP contribution in [0.15, 0.2) is 24.3 Å². The molecule has 1 aliphatic heterocycles. The largest absolute Gasteiger partial charge is 0.394 e. The average molecular weight is 287 g/mol. The molecule has 1 heterocycles. The molecule has 0 amide bonds. The van der Waals surface area contributed by atoms with Gasteiger partial charge in [-0.3, -0.25) is 0 Å². The first kappa shape index (κ1) is 15.0. The Labute approximate surface area is 117 Å². The minimum Gasteiger partial charge on any atom is -0.378 e. The van der Waals surface area contributed by atoms with Gasteiger partial charge in [0.2, 0.25) is 0 Å². The molecule has 6 heteroatoms. The minimum atomic E-state index is -4.15. The number of halogens is 3. The Morgan fingerprint density at radius 1 is 1.20 bits per heavy atom. The Bertz CT molecular complexity index is 428. The summed E-state index contributed by atoms with van der Waals surface area (Å²) in [6, 6.07) is 7.62. The van der Waals surface area contributed by atoms with Crippen LogP contribution in [0.5, 0.6) is 0 Å². The van der Waals surface area contributed by atoms with Crippen molar-refractivity contribution < 1.29 is 13.2 Å². The van der Waals surface area contributed by atoms with E-state index in [2.05, 4.69) is 5.32 Å². The van der Waals surface area contributed by atoms with Crippen LogP contribution in [0, 0.1) is 5.92 Å². The SMILES string of the molecule is CN(C)c1ccc(N2CCNCC(C(F)(F)F)C2)cc1. The van der Waals surface area contributed by atoms with Gasteiger partial charge < -0.3 is 15.1 Å². The van der Waals surface area contributed by atoms with E-state index in [-0.39, 0.29) is 13.1 Å². The van der Waals surface area contributed by atoms with Crippen molar-refractivity contribution in [1.29, 1.82) is 0 Å². The maximum atomic E-state index is 12.9. The molecule has 112 valence electrons. The minimum absolute atomic E-state index is 0.00419. The monoisotopic (exact) mass is 287 g/mol. The summed E-state index contributed by atoms with van der Waals surface area (Å²) in [5.41, 5.74) is 1.88.